The van der Waals surface area contributed by atoms with Gasteiger partial charge in [0, 0.05) is 28.0 Å². The molecule has 3 N–H and O–H groups in total. The van der Waals surface area contributed by atoms with E-state index in [0.717, 1.165) is 13.3 Å². The van der Waals surface area contributed by atoms with Crippen LogP contribution < -0.4 is 10.1 Å². The molecule has 1 aliphatic rings. The minimum Gasteiger partial charge on any atom is -0.437 e. The molecule has 2 aromatic carbocycles. The van der Waals surface area contributed by atoms with Gasteiger partial charge in [0.25, 0.3) is 11.8 Å². The van der Waals surface area contributed by atoms with E-state index in [-0.39, 0.29) is 27.5 Å². The Hall–Kier alpha value is -3.58. The minimum absolute atomic E-state index is 0.0330. The molecule has 8 nitrogen and oxygen atoms in total. The standard InChI is InChI=1S/C25H24F4N4O4S/c1-13-18(9-8-17(20(13)26)24(35)10-5-11-24)37-23-19(14(2)21(32-33-23)25(27,28)29)22(34)31-15-6-4-7-16(12-15)38(3,30)36/h4,6-9,12,30,35H,5,10-11H2,1-3H3,(H,31,34). The van der Waals surface area contributed by atoms with Gasteiger partial charge >= 0.3 is 6.18 Å². The average Bonchev–Trinajstić information content (AvgIpc) is 2.79. The third kappa shape index (κ3) is 5.20. The van der Waals surface area contributed by atoms with Crippen molar-refractivity contribution in [1.29, 1.82) is 4.78 Å². The third-order valence-electron chi connectivity index (χ3n) is 6.45. The number of amides is 1. The number of aromatic nitrogens is 2. The minimum atomic E-state index is -4.93. The van der Waals surface area contributed by atoms with Gasteiger partial charge in [-0.3, -0.25) is 4.79 Å². The first-order valence-electron chi connectivity index (χ1n) is 11.4. The van der Waals surface area contributed by atoms with Crippen LogP contribution in [0.25, 0.3) is 0 Å². The lowest BCUT2D eigenvalue weighted by atomic mass is 9.74. The predicted octanol–water partition coefficient (Wildman–Crippen LogP) is 5.70. The van der Waals surface area contributed by atoms with Crippen molar-refractivity contribution in [3.8, 4) is 11.6 Å². The molecule has 1 unspecified atom stereocenters. The Morgan fingerprint density at radius 1 is 1.16 bits per heavy atom. The first-order chi connectivity index (χ1) is 17.6. The van der Waals surface area contributed by atoms with Crippen LogP contribution >= 0.6 is 0 Å². The fourth-order valence-corrected chi connectivity index (χ4v) is 4.83. The van der Waals surface area contributed by atoms with Gasteiger partial charge in [-0.15, -0.1) is 10.2 Å². The van der Waals surface area contributed by atoms with Gasteiger partial charge < -0.3 is 15.2 Å². The largest absolute Gasteiger partial charge is 0.437 e. The first kappa shape index (κ1) is 27.5. The predicted molar refractivity (Wildman–Crippen MR) is 130 cm³/mol. The Labute approximate surface area is 216 Å². The summed E-state index contributed by atoms with van der Waals surface area (Å²) in [6.45, 7) is 2.40. The van der Waals surface area contributed by atoms with Crippen molar-refractivity contribution < 1.29 is 36.4 Å². The topological polar surface area (TPSA) is 125 Å². The monoisotopic (exact) mass is 552 g/mol. The maximum Gasteiger partial charge on any atom is 0.435 e. The van der Waals surface area contributed by atoms with Crippen molar-refractivity contribution in [1.82, 2.24) is 10.2 Å². The molecule has 38 heavy (non-hydrogen) atoms. The molecule has 13 heteroatoms. The highest BCUT2D eigenvalue weighted by Crippen LogP contribution is 2.44. The van der Waals surface area contributed by atoms with Gasteiger partial charge in [0.2, 0.25) is 0 Å². The second-order valence-electron chi connectivity index (χ2n) is 9.21. The summed E-state index contributed by atoms with van der Waals surface area (Å²) in [5, 5.41) is 19.6. The number of carbonyl (C=O) groups excluding carboxylic acids is 1. The van der Waals surface area contributed by atoms with Crippen molar-refractivity contribution in [2.75, 3.05) is 11.6 Å². The number of nitrogens with zero attached hydrogens (tertiary/aromatic N) is 2. The Morgan fingerprint density at radius 2 is 1.84 bits per heavy atom. The van der Waals surface area contributed by atoms with E-state index in [1.54, 1.807) is 0 Å². The van der Waals surface area contributed by atoms with Gasteiger partial charge in [-0.2, -0.15) is 13.2 Å². The van der Waals surface area contributed by atoms with Gasteiger partial charge in [-0.25, -0.2) is 13.4 Å². The fraction of sp³-hybridized carbons (Fsp3) is 0.320. The van der Waals surface area contributed by atoms with Crippen LogP contribution in [0.2, 0.25) is 0 Å². The van der Waals surface area contributed by atoms with Crippen molar-refractivity contribution in [3.63, 3.8) is 0 Å². The van der Waals surface area contributed by atoms with Gasteiger partial charge in [0.05, 0.1) is 15.3 Å². The van der Waals surface area contributed by atoms with Crippen molar-refractivity contribution in [3.05, 3.63) is 70.2 Å². The van der Waals surface area contributed by atoms with E-state index in [4.69, 9.17) is 9.52 Å². The summed E-state index contributed by atoms with van der Waals surface area (Å²) in [5.74, 6) is -2.50. The van der Waals surface area contributed by atoms with E-state index in [0.29, 0.717) is 12.8 Å². The number of carbonyl (C=O) groups is 1. The number of anilines is 1. The molecule has 1 aromatic heterocycles. The van der Waals surface area contributed by atoms with Crippen LogP contribution in [0.4, 0.5) is 23.2 Å². The highest BCUT2D eigenvalue weighted by molar-refractivity contribution is 7.91. The van der Waals surface area contributed by atoms with E-state index in [9.17, 15) is 27.3 Å². The lowest BCUT2D eigenvalue weighted by molar-refractivity contribution is -0.142. The Bertz CT molecular complexity index is 1540. The number of hydrogen-bond donors (Lipinski definition) is 3. The molecule has 1 atom stereocenters. The number of rotatable bonds is 6. The Balaban J connectivity index is 1.76. The molecule has 3 aromatic rings. The van der Waals surface area contributed by atoms with Crippen LogP contribution in [0.1, 0.15) is 52.0 Å². The van der Waals surface area contributed by atoms with Crippen molar-refractivity contribution in [2.45, 2.75) is 49.8 Å². The normalized spacial score (nSPS) is 16.3. The van der Waals surface area contributed by atoms with E-state index in [1.165, 1.54) is 49.6 Å². The van der Waals surface area contributed by atoms with E-state index in [1.807, 2.05) is 0 Å². The molecule has 0 spiro atoms. The van der Waals surface area contributed by atoms with Crippen LogP contribution in [-0.4, -0.2) is 31.7 Å². The highest BCUT2D eigenvalue weighted by Gasteiger charge is 2.40. The lowest BCUT2D eigenvalue weighted by Gasteiger charge is -2.37. The number of hydrogen-bond acceptors (Lipinski definition) is 7. The maximum atomic E-state index is 15.1. The van der Waals surface area contributed by atoms with Crippen LogP contribution in [-0.2, 0) is 21.5 Å². The van der Waals surface area contributed by atoms with Gasteiger partial charge in [0.15, 0.2) is 5.69 Å². The van der Waals surface area contributed by atoms with Crippen LogP contribution in [0.5, 0.6) is 11.6 Å². The second-order valence-corrected chi connectivity index (χ2v) is 11.4. The zero-order valence-electron chi connectivity index (χ0n) is 20.6. The molecular weight excluding hydrogens is 528 g/mol. The first-order valence-corrected chi connectivity index (χ1v) is 13.4. The molecule has 1 saturated carbocycles. The Morgan fingerprint density at radius 3 is 2.42 bits per heavy atom. The molecule has 0 bridgehead atoms. The van der Waals surface area contributed by atoms with Crippen LogP contribution in [0.3, 0.4) is 0 Å². The molecule has 1 heterocycles. The molecule has 0 saturated heterocycles. The number of alkyl halides is 3. The molecular formula is C25H24F4N4O4S. The van der Waals surface area contributed by atoms with Crippen LogP contribution in [0, 0.1) is 24.4 Å². The Kier molecular flexibility index (Phi) is 6.95. The van der Waals surface area contributed by atoms with E-state index < -0.39 is 55.9 Å². The smallest absolute Gasteiger partial charge is 0.435 e. The number of aliphatic hydroxyl groups is 1. The molecule has 4 rings (SSSR count). The summed E-state index contributed by atoms with van der Waals surface area (Å²) >= 11 is 0. The number of ether oxygens (including phenoxy) is 1. The van der Waals surface area contributed by atoms with E-state index in [2.05, 4.69) is 15.5 Å². The maximum absolute atomic E-state index is 15.1. The van der Waals surface area contributed by atoms with Gasteiger partial charge in [-0.05, 0) is 69.0 Å². The zero-order chi connectivity index (χ0) is 28.0. The SMILES string of the molecule is Cc1c(Oc2nnc(C(F)(F)F)c(C)c2C(=O)Nc2cccc(S(C)(=N)=O)c2)ccc(C2(O)CCC2)c1F. The number of nitrogens with one attached hydrogen (secondary N) is 2. The molecule has 0 radical (unpaired) electrons. The summed E-state index contributed by atoms with van der Waals surface area (Å²) in [5.41, 5.74) is -3.74. The summed E-state index contributed by atoms with van der Waals surface area (Å²) in [6, 6.07) is 8.20. The highest BCUT2D eigenvalue weighted by atomic mass is 32.2. The summed E-state index contributed by atoms with van der Waals surface area (Å²) in [6.07, 6.45) is -2.21. The zero-order valence-corrected chi connectivity index (χ0v) is 21.4. The number of benzene rings is 2. The fourth-order valence-electron chi connectivity index (χ4n) is 4.14. The van der Waals surface area contributed by atoms with Crippen molar-refractivity contribution >= 4 is 21.3 Å². The average molecular weight is 553 g/mol. The summed E-state index contributed by atoms with van der Waals surface area (Å²) in [7, 11) is -3.13. The molecule has 1 amide bonds. The lowest BCUT2D eigenvalue weighted by Crippen LogP contribution is -2.34. The van der Waals surface area contributed by atoms with Gasteiger partial charge in [0.1, 0.15) is 17.1 Å². The van der Waals surface area contributed by atoms with E-state index >= 15 is 4.39 Å². The molecule has 202 valence electrons. The van der Waals surface area contributed by atoms with Gasteiger partial charge in [-0.1, -0.05) is 6.07 Å². The second kappa shape index (κ2) is 9.62. The number of halogens is 4. The van der Waals surface area contributed by atoms with Crippen molar-refractivity contribution in [2.24, 2.45) is 0 Å². The third-order valence-corrected chi connectivity index (χ3v) is 7.60. The molecule has 0 aliphatic heterocycles. The van der Waals surface area contributed by atoms with Crippen LogP contribution in [0.15, 0.2) is 41.3 Å². The molecule has 1 fully saturated rings. The summed E-state index contributed by atoms with van der Waals surface area (Å²) < 4.78 is 81.3. The molecule has 1 aliphatic carbocycles. The quantitative estimate of drug-likeness (QED) is 0.337. The summed E-state index contributed by atoms with van der Waals surface area (Å²) in [4.78, 5) is 13.3.